The Morgan fingerprint density at radius 3 is 1.30 bits per heavy atom. The smallest absolute Gasteiger partial charge is 0.362 e. The lowest BCUT2D eigenvalue weighted by Crippen LogP contribution is -2.49. The van der Waals surface area contributed by atoms with E-state index >= 15 is 0 Å². The second-order valence-corrected chi connectivity index (χ2v) is 13.0. The van der Waals surface area contributed by atoms with E-state index in [1.807, 2.05) is 21.1 Å². The summed E-state index contributed by atoms with van der Waals surface area (Å²) in [6.45, 7) is 2.16. The second-order valence-electron chi connectivity index (χ2n) is 11.1. The quantitative estimate of drug-likeness (QED) is 0.0598. The van der Waals surface area contributed by atoms with E-state index in [-0.39, 0.29) is 13.0 Å². The molecule has 3 N–H and O–H groups in total. The number of hydrogen-bond acceptors (Lipinski definition) is 2. The standard InChI is InChI=1S/C27H56NO4P/c1-5-6-7-8-9-10-11-12-13-14-15-16-17-18-19-20-21-22-23-24-25-27(29,33(30,31)32)26-28(2,3)4/h5-6,29H,7-26H2,1-4H3,(H-,30,31,32)/p+1/b6-5-. The summed E-state index contributed by atoms with van der Waals surface area (Å²) in [5.74, 6) is 0. The number of aliphatic hydroxyl groups is 1. The van der Waals surface area contributed by atoms with Gasteiger partial charge in [0.2, 0.25) is 5.34 Å². The molecule has 0 saturated carbocycles. The minimum Gasteiger partial charge on any atom is -0.373 e. The second kappa shape index (κ2) is 19.1. The highest BCUT2D eigenvalue weighted by Gasteiger charge is 2.48. The molecule has 0 rings (SSSR count). The Bertz CT molecular complexity index is 527. The lowest BCUT2D eigenvalue weighted by Gasteiger charge is -2.35. The maximum Gasteiger partial charge on any atom is 0.362 e. The van der Waals surface area contributed by atoms with Crippen molar-refractivity contribution in [1.82, 2.24) is 0 Å². The molecule has 0 spiro atoms. The molecule has 0 aromatic rings. The van der Waals surface area contributed by atoms with E-state index in [0.29, 0.717) is 10.9 Å². The third-order valence-corrected chi connectivity index (χ3v) is 7.90. The first-order valence-electron chi connectivity index (χ1n) is 13.7. The Morgan fingerprint density at radius 2 is 1.00 bits per heavy atom. The van der Waals surface area contributed by atoms with Gasteiger partial charge in [0.15, 0.2) is 0 Å². The summed E-state index contributed by atoms with van der Waals surface area (Å²) in [5, 5.41) is 8.65. The Morgan fingerprint density at radius 1 is 0.667 bits per heavy atom. The van der Waals surface area contributed by atoms with Gasteiger partial charge in [-0.15, -0.1) is 0 Å². The fourth-order valence-electron chi connectivity index (χ4n) is 4.57. The highest BCUT2D eigenvalue weighted by molar-refractivity contribution is 7.53. The third kappa shape index (κ3) is 19.8. The summed E-state index contributed by atoms with van der Waals surface area (Å²) in [4.78, 5) is 19.2. The van der Waals surface area contributed by atoms with Crippen LogP contribution in [0, 0.1) is 0 Å². The van der Waals surface area contributed by atoms with Crippen LogP contribution in [-0.4, -0.2) is 52.4 Å². The summed E-state index contributed by atoms with van der Waals surface area (Å²) < 4.78 is 12.1. The molecule has 6 heteroatoms. The van der Waals surface area contributed by atoms with Crippen molar-refractivity contribution in [2.24, 2.45) is 0 Å². The van der Waals surface area contributed by atoms with Gasteiger partial charge >= 0.3 is 7.60 Å². The van der Waals surface area contributed by atoms with Crippen LogP contribution in [0.1, 0.15) is 129 Å². The molecule has 0 aromatic heterocycles. The van der Waals surface area contributed by atoms with Crippen molar-refractivity contribution in [3.05, 3.63) is 12.2 Å². The average molecular weight is 491 g/mol. The summed E-state index contributed by atoms with van der Waals surface area (Å²) in [5.41, 5.74) is 0. The predicted octanol–water partition coefficient (Wildman–Crippen LogP) is 7.55. The number of nitrogens with zero attached hydrogens (tertiary/aromatic N) is 1. The first-order valence-corrected chi connectivity index (χ1v) is 15.3. The van der Waals surface area contributed by atoms with E-state index in [1.165, 1.54) is 96.3 Å². The Kier molecular flexibility index (Phi) is 18.9. The number of unbranched alkanes of at least 4 members (excludes halogenated alkanes) is 17. The molecule has 1 atom stereocenters. The van der Waals surface area contributed by atoms with Crippen LogP contribution in [0.5, 0.6) is 0 Å². The summed E-state index contributed by atoms with van der Waals surface area (Å²) >= 11 is 0. The molecule has 0 aliphatic heterocycles. The van der Waals surface area contributed by atoms with Crippen LogP contribution in [0.4, 0.5) is 0 Å². The van der Waals surface area contributed by atoms with Crippen LogP contribution in [0.2, 0.25) is 0 Å². The molecule has 0 aliphatic carbocycles. The minimum absolute atomic E-state index is 0.0639. The largest absolute Gasteiger partial charge is 0.373 e. The molecule has 1 unspecified atom stereocenters. The molecule has 0 heterocycles. The average Bonchev–Trinajstić information content (AvgIpc) is 2.70. The van der Waals surface area contributed by atoms with Crippen LogP contribution >= 0.6 is 7.60 Å². The fraction of sp³-hybridized carbons (Fsp3) is 0.926. The van der Waals surface area contributed by atoms with Gasteiger partial charge in [-0.25, -0.2) is 0 Å². The SMILES string of the molecule is C/C=C\CCCCCCCCCCCCCCCCCCCC(O)(C[N+](C)(C)C)P(=O)(O)O. The molecular weight excluding hydrogens is 433 g/mol. The minimum atomic E-state index is -4.54. The van der Waals surface area contributed by atoms with Gasteiger partial charge < -0.3 is 19.4 Å². The molecule has 33 heavy (non-hydrogen) atoms. The lowest BCUT2D eigenvalue weighted by atomic mass is 10.0. The van der Waals surface area contributed by atoms with Gasteiger partial charge in [-0.3, -0.25) is 4.57 Å². The normalized spacial score (nSPS) is 14.8. The maximum absolute atomic E-state index is 11.8. The monoisotopic (exact) mass is 490 g/mol. The van der Waals surface area contributed by atoms with Crippen molar-refractivity contribution in [2.45, 2.75) is 134 Å². The van der Waals surface area contributed by atoms with Gasteiger partial charge in [-0.2, -0.15) is 0 Å². The molecular formula is C27H57NO4P+. The molecule has 198 valence electrons. The summed E-state index contributed by atoms with van der Waals surface area (Å²) in [6, 6.07) is 0. The van der Waals surface area contributed by atoms with Gasteiger partial charge in [-0.1, -0.05) is 108 Å². The number of likely N-dealkylation sites (N-methyl/N-ethyl adjacent to an activating group) is 1. The predicted molar refractivity (Wildman–Crippen MR) is 142 cm³/mol. The number of hydrogen-bond donors (Lipinski definition) is 3. The molecule has 5 nitrogen and oxygen atoms in total. The van der Waals surface area contributed by atoms with Crippen LogP contribution in [0.15, 0.2) is 12.2 Å². The van der Waals surface area contributed by atoms with Crippen molar-refractivity contribution >= 4 is 7.60 Å². The van der Waals surface area contributed by atoms with E-state index in [2.05, 4.69) is 19.1 Å². The Labute approximate surface area is 205 Å². The van der Waals surface area contributed by atoms with E-state index in [1.54, 1.807) is 0 Å². The highest BCUT2D eigenvalue weighted by Crippen LogP contribution is 2.52. The Balaban J connectivity index is 3.50. The first-order chi connectivity index (χ1) is 15.5. The fourth-order valence-corrected chi connectivity index (χ4v) is 5.62. The zero-order valence-corrected chi connectivity index (χ0v) is 23.3. The molecule has 0 radical (unpaired) electrons. The Hall–Kier alpha value is -0.190. The molecule has 0 bridgehead atoms. The van der Waals surface area contributed by atoms with E-state index < -0.39 is 12.9 Å². The summed E-state index contributed by atoms with van der Waals surface area (Å²) in [6.07, 6.45) is 27.4. The number of quaternary nitrogens is 1. The molecule has 0 saturated heterocycles. The maximum atomic E-state index is 11.8. The van der Waals surface area contributed by atoms with Gasteiger partial charge in [0.1, 0.15) is 6.54 Å². The van der Waals surface area contributed by atoms with Crippen molar-refractivity contribution in [2.75, 3.05) is 27.7 Å². The van der Waals surface area contributed by atoms with Crippen molar-refractivity contribution < 1.29 is 23.9 Å². The lowest BCUT2D eigenvalue weighted by molar-refractivity contribution is -0.875. The third-order valence-electron chi connectivity index (χ3n) is 6.45. The van der Waals surface area contributed by atoms with Crippen molar-refractivity contribution in [3.63, 3.8) is 0 Å². The van der Waals surface area contributed by atoms with E-state index in [0.717, 1.165) is 12.8 Å². The van der Waals surface area contributed by atoms with Gasteiger partial charge in [0.25, 0.3) is 0 Å². The molecule has 0 fully saturated rings. The highest BCUT2D eigenvalue weighted by atomic mass is 31.2. The van der Waals surface area contributed by atoms with Crippen molar-refractivity contribution in [3.8, 4) is 0 Å². The van der Waals surface area contributed by atoms with Crippen molar-refractivity contribution in [1.29, 1.82) is 0 Å². The first kappa shape index (κ1) is 32.8. The zero-order valence-electron chi connectivity index (χ0n) is 22.4. The van der Waals surface area contributed by atoms with Crippen LogP contribution in [0.3, 0.4) is 0 Å². The molecule has 0 amide bonds. The van der Waals surface area contributed by atoms with Crippen LogP contribution in [0.25, 0.3) is 0 Å². The van der Waals surface area contributed by atoms with Gasteiger partial charge in [0.05, 0.1) is 21.1 Å². The van der Waals surface area contributed by atoms with Crippen LogP contribution < -0.4 is 0 Å². The van der Waals surface area contributed by atoms with Gasteiger partial charge in [0, 0.05) is 0 Å². The van der Waals surface area contributed by atoms with Gasteiger partial charge in [-0.05, 0) is 32.6 Å². The van der Waals surface area contributed by atoms with Crippen LogP contribution in [-0.2, 0) is 4.57 Å². The molecule has 0 aliphatic rings. The topological polar surface area (TPSA) is 77.8 Å². The van der Waals surface area contributed by atoms with E-state index in [9.17, 15) is 19.5 Å². The van der Waals surface area contributed by atoms with E-state index in [4.69, 9.17) is 0 Å². The summed E-state index contributed by atoms with van der Waals surface area (Å²) in [7, 11) is 0.989. The number of allylic oxidation sites excluding steroid dienone is 2. The molecule has 0 aromatic carbocycles. The zero-order chi connectivity index (χ0) is 25.1. The number of rotatable bonds is 23.